The van der Waals surface area contributed by atoms with E-state index in [1.165, 1.54) is 0 Å². The van der Waals surface area contributed by atoms with Crippen molar-refractivity contribution in [2.75, 3.05) is 0 Å². The average molecular weight is 250 g/mol. The van der Waals surface area contributed by atoms with Crippen LogP contribution >= 0.6 is 17.0 Å². The van der Waals surface area contributed by atoms with Crippen LogP contribution in [0.15, 0.2) is 36.9 Å². The molecule has 0 N–H and O–H groups in total. The van der Waals surface area contributed by atoms with Crippen LogP contribution in [-0.2, 0) is 19.5 Å². The summed E-state index contributed by atoms with van der Waals surface area (Å²) >= 11 is 0. The Bertz CT molecular complexity index is 92.1. The van der Waals surface area contributed by atoms with E-state index in [1.54, 1.807) is 0 Å². The average Bonchev–Trinajstić information content (AvgIpc) is 1.96. The van der Waals surface area contributed by atoms with Crippen molar-refractivity contribution in [2.24, 2.45) is 0 Å². The number of halogens is 1. The molecule has 0 saturated carbocycles. The number of hydrogen-bond acceptors (Lipinski definition) is 0. The molecule has 0 bridgehead atoms. The van der Waals surface area contributed by atoms with Crippen LogP contribution in [0.2, 0.25) is 0 Å². The van der Waals surface area contributed by atoms with Gasteiger partial charge in [-0.05, 0) is 0 Å². The Labute approximate surface area is 85.9 Å². The second-order valence-corrected chi connectivity index (χ2v) is 1.08. The monoisotopic (exact) mass is 248 g/mol. The zero-order chi connectivity index (χ0) is 6.24. The van der Waals surface area contributed by atoms with Crippen LogP contribution in [0.3, 0.4) is 0 Å². The van der Waals surface area contributed by atoms with E-state index in [0.29, 0.717) is 0 Å². The molecule has 1 aromatic carbocycles. The van der Waals surface area contributed by atoms with Gasteiger partial charge in [0.1, 0.15) is 0 Å². The first-order valence-corrected chi connectivity index (χ1v) is 2.32. The predicted octanol–water partition coefficient (Wildman–Crippen LogP) is 2.67. The fourth-order valence-electron chi connectivity index (χ4n) is 0.342. The van der Waals surface area contributed by atoms with E-state index in [9.17, 15) is 0 Å². The Morgan fingerprint density at radius 1 is 1.00 bits per heavy atom. The Morgan fingerprint density at radius 3 is 1.50 bits per heavy atom. The van der Waals surface area contributed by atoms with E-state index in [-0.39, 0.29) is 36.5 Å². The molecule has 0 heterocycles. The molecular weight excluding hydrogens is 241 g/mol. The third kappa shape index (κ3) is 10.9. The van der Waals surface area contributed by atoms with E-state index in [0.717, 1.165) is 0 Å². The van der Waals surface area contributed by atoms with Crippen molar-refractivity contribution in [1.82, 2.24) is 0 Å². The summed E-state index contributed by atoms with van der Waals surface area (Å²) in [7, 11) is 0. The summed E-state index contributed by atoms with van der Waals surface area (Å²) in [4.78, 5) is 0. The summed E-state index contributed by atoms with van der Waals surface area (Å²) in [5.74, 6) is 0. The summed E-state index contributed by atoms with van der Waals surface area (Å²) in [6, 6.07) is 12.5. The number of hydrogen-bond donors (Lipinski definition) is 0. The number of rotatable bonds is 0. The Kier molecular flexibility index (Phi) is 26.6. The van der Waals surface area contributed by atoms with E-state index >= 15 is 0 Å². The first-order chi connectivity index (χ1) is 4.00. The van der Waals surface area contributed by atoms with Crippen molar-refractivity contribution in [3.63, 3.8) is 0 Å². The third-order valence-electron chi connectivity index (χ3n) is 0.607. The predicted molar refractivity (Wildman–Crippen MR) is 45.5 cm³/mol. The molecule has 50 valence electrons. The summed E-state index contributed by atoms with van der Waals surface area (Å²) in [6.45, 7) is 7.00. The van der Waals surface area contributed by atoms with Gasteiger partial charge in [-0.25, -0.2) is 0 Å². The minimum Gasteiger partial charge on any atom is -0.521 e. The van der Waals surface area contributed by atoms with Gasteiger partial charge in [-0.1, -0.05) is 0 Å². The van der Waals surface area contributed by atoms with Crippen LogP contribution in [0.4, 0.5) is 0 Å². The fourth-order valence-corrected chi connectivity index (χ4v) is 0.342. The van der Waals surface area contributed by atoms with Crippen molar-refractivity contribution < 1.29 is 19.5 Å². The van der Waals surface area contributed by atoms with Crippen LogP contribution in [0.5, 0.6) is 0 Å². The fraction of sp³-hybridized carbons (Fsp3) is 0. The molecule has 1 aromatic rings. The molecule has 0 saturated heterocycles. The molecule has 10 heavy (non-hydrogen) atoms. The molecular formula is C8H9BrZn. The normalized spacial score (nSPS) is 5.20. The van der Waals surface area contributed by atoms with E-state index in [2.05, 4.69) is 19.2 Å². The molecule has 0 unspecified atom stereocenters. The van der Waals surface area contributed by atoms with Gasteiger partial charge in [0.2, 0.25) is 0 Å². The summed E-state index contributed by atoms with van der Waals surface area (Å²) in [5, 5.41) is 0. The van der Waals surface area contributed by atoms with Crippen molar-refractivity contribution in [2.45, 2.75) is 0 Å². The summed E-state index contributed by atoms with van der Waals surface area (Å²) in [5.41, 5.74) is 0. The third-order valence-corrected chi connectivity index (χ3v) is 0.607. The molecule has 0 aromatic heterocycles. The maximum atomic E-state index is 4.25. The Hall–Kier alpha value is 0.0634. The molecule has 2 heteroatoms. The van der Waals surface area contributed by atoms with Crippen molar-refractivity contribution >= 4 is 17.0 Å². The van der Waals surface area contributed by atoms with Gasteiger partial charge in [-0.2, -0.15) is 36.4 Å². The minimum absolute atomic E-state index is 0. The van der Waals surface area contributed by atoms with Crippen LogP contribution in [0, 0.1) is 12.6 Å². The first-order valence-electron chi connectivity index (χ1n) is 2.32. The van der Waals surface area contributed by atoms with Gasteiger partial charge in [0.05, 0.1) is 0 Å². The van der Waals surface area contributed by atoms with E-state index < -0.39 is 0 Å². The van der Waals surface area contributed by atoms with E-state index in [1.807, 2.05) is 30.3 Å². The maximum absolute atomic E-state index is 4.25. The molecule has 0 radical (unpaired) electrons. The molecule has 0 aliphatic heterocycles. The molecule has 0 spiro atoms. The van der Waals surface area contributed by atoms with Gasteiger partial charge in [0, 0.05) is 0 Å². The Morgan fingerprint density at radius 2 is 1.40 bits per heavy atom. The quantitative estimate of drug-likeness (QED) is 0.490. The standard InChI is InChI=1S/C6H5.C2H3.BrH.Zn/c1-2-4-6-5-3-1;1-2;;/h1-5H;1H,2H2;1H;/q2*-1;;+2. The molecule has 0 fully saturated rings. The van der Waals surface area contributed by atoms with Crippen LogP contribution < -0.4 is 0 Å². The van der Waals surface area contributed by atoms with Crippen molar-refractivity contribution in [1.29, 1.82) is 0 Å². The smallest absolute Gasteiger partial charge is 0.521 e. The zero-order valence-electron chi connectivity index (χ0n) is 5.79. The SMILES string of the molecule is Br.[CH-]=C.[Zn+2].[c-]1ccccc1. The van der Waals surface area contributed by atoms with Gasteiger partial charge in [0.15, 0.2) is 0 Å². The topological polar surface area (TPSA) is 0 Å². The van der Waals surface area contributed by atoms with Crippen molar-refractivity contribution in [3.8, 4) is 0 Å². The molecule has 0 aliphatic carbocycles. The van der Waals surface area contributed by atoms with Crippen molar-refractivity contribution in [3.05, 3.63) is 49.6 Å². The van der Waals surface area contributed by atoms with E-state index in [4.69, 9.17) is 0 Å². The molecule has 0 aliphatic rings. The first kappa shape index (κ1) is 16.6. The molecule has 0 atom stereocenters. The maximum Gasteiger partial charge on any atom is 2.00 e. The van der Waals surface area contributed by atoms with Crippen LogP contribution in [0.25, 0.3) is 0 Å². The number of benzene rings is 1. The van der Waals surface area contributed by atoms with Crippen LogP contribution in [0.1, 0.15) is 0 Å². The molecule has 1 rings (SSSR count). The second kappa shape index (κ2) is 16.0. The summed E-state index contributed by atoms with van der Waals surface area (Å²) in [6.07, 6.45) is 0. The largest absolute Gasteiger partial charge is 2.00 e. The Balaban J connectivity index is -0.000000114. The van der Waals surface area contributed by atoms with Crippen LogP contribution in [-0.4, -0.2) is 0 Å². The zero-order valence-corrected chi connectivity index (χ0v) is 10.5. The molecule has 0 nitrogen and oxygen atoms in total. The minimum atomic E-state index is 0. The van der Waals surface area contributed by atoms with Gasteiger partial charge >= 0.3 is 19.5 Å². The van der Waals surface area contributed by atoms with Gasteiger partial charge in [-0.3, -0.25) is 6.58 Å². The second-order valence-electron chi connectivity index (χ2n) is 1.08. The van der Waals surface area contributed by atoms with Gasteiger partial charge in [-0.15, -0.1) is 17.0 Å². The van der Waals surface area contributed by atoms with Gasteiger partial charge < -0.3 is 6.58 Å². The summed E-state index contributed by atoms with van der Waals surface area (Å²) < 4.78 is 0. The molecule has 0 amide bonds. The van der Waals surface area contributed by atoms with Gasteiger partial charge in [0.25, 0.3) is 0 Å².